The Balaban J connectivity index is 2.23. The highest BCUT2D eigenvalue weighted by molar-refractivity contribution is 5.39. The number of phenolic OH excluding ortho intramolecular Hbond substituents is 1. The van der Waals surface area contributed by atoms with E-state index in [1.54, 1.807) is 18.3 Å². The predicted octanol–water partition coefficient (Wildman–Crippen LogP) is 3.20. The van der Waals surface area contributed by atoms with Crippen molar-refractivity contribution in [2.24, 2.45) is 0 Å². The van der Waals surface area contributed by atoms with Crippen molar-refractivity contribution in [1.29, 1.82) is 0 Å². The maximum Gasteiger partial charge on any atom is 0.145 e. The molecule has 0 aliphatic carbocycles. The number of rotatable bonds is 2. The molecular weight excluding hydrogens is 202 g/mol. The summed E-state index contributed by atoms with van der Waals surface area (Å²) in [6.07, 6.45) is 1.66. The van der Waals surface area contributed by atoms with Crippen LogP contribution in [-0.2, 0) is 0 Å². The molecular formula is C13H13NO2. The second-order valence-corrected chi connectivity index (χ2v) is 3.74. The van der Waals surface area contributed by atoms with E-state index in [0.717, 1.165) is 11.3 Å². The lowest BCUT2D eigenvalue weighted by molar-refractivity contribution is 0.453. The van der Waals surface area contributed by atoms with E-state index >= 15 is 0 Å². The van der Waals surface area contributed by atoms with Crippen LogP contribution in [0, 0.1) is 13.8 Å². The normalized spacial score (nSPS) is 10.1. The largest absolute Gasteiger partial charge is 0.508 e. The van der Waals surface area contributed by atoms with Gasteiger partial charge < -0.3 is 9.84 Å². The summed E-state index contributed by atoms with van der Waals surface area (Å²) in [5.74, 6) is 1.48. The van der Waals surface area contributed by atoms with Crippen LogP contribution in [0.2, 0.25) is 0 Å². The Morgan fingerprint density at radius 1 is 1.06 bits per heavy atom. The Morgan fingerprint density at radius 3 is 2.50 bits per heavy atom. The topological polar surface area (TPSA) is 42.4 Å². The summed E-state index contributed by atoms with van der Waals surface area (Å²) in [5, 5.41) is 9.42. The van der Waals surface area contributed by atoms with Gasteiger partial charge in [0.25, 0.3) is 0 Å². The first-order valence-electron chi connectivity index (χ1n) is 5.05. The highest BCUT2D eigenvalue weighted by atomic mass is 16.5. The molecule has 0 atom stereocenters. The van der Waals surface area contributed by atoms with Crippen molar-refractivity contribution >= 4 is 0 Å². The maximum atomic E-state index is 9.42. The lowest BCUT2D eigenvalue weighted by atomic mass is 10.2. The molecule has 1 heterocycles. The summed E-state index contributed by atoms with van der Waals surface area (Å²) in [7, 11) is 0. The number of pyridine rings is 1. The molecule has 16 heavy (non-hydrogen) atoms. The SMILES string of the molecule is Cc1cc(O)cc(Oc2ccc(C)nc2)c1. The van der Waals surface area contributed by atoms with Crippen molar-refractivity contribution in [2.75, 3.05) is 0 Å². The van der Waals surface area contributed by atoms with Gasteiger partial charge >= 0.3 is 0 Å². The van der Waals surface area contributed by atoms with Crippen LogP contribution in [0.3, 0.4) is 0 Å². The minimum Gasteiger partial charge on any atom is -0.508 e. The second-order valence-electron chi connectivity index (χ2n) is 3.74. The number of ether oxygens (including phenoxy) is 1. The molecule has 0 aliphatic heterocycles. The summed E-state index contributed by atoms with van der Waals surface area (Å²) in [5.41, 5.74) is 1.90. The number of benzene rings is 1. The Morgan fingerprint density at radius 2 is 1.88 bits per heavy atom. The van der Waals surface area contributed by atoms with Crippen LogP contribution in [0.15, 0.2) is 36.5 Å². The maximum absolute atomic E-state index is 9.42. The Labute approximate surface area is 94.3 Å². The van der Waals surface area contributed by atoms with Crippen LogP contribution in [-0.4, -0.2) is 10.1 Å². The third-order valence-corrected chi connectivity index (χ3v) is 2.16. The summed E-state index contributed by atoms with van der Waals surface area (Å²) in [6.45, 7) is 3.82. The van der Waals surface area contributed by atoms with Gasteiger partial charge in [0, 0.05) is 11.8 Å². The van der Waals surface area contributed by atoms with Crippen molar-refractivity contribution in [3.05, 3.63) is 47.8 Å². The van der Waals surface area contributed by atoms with Crippen LogP contribution in [0.1, 0.15) is 11.3 Å². The van der Waals surface area contributed by atoms with E-state index in [1.807, 2.05) is 32.0 Å². The Hall–Kier alpha value is -2.03. The Kier molecular flexibility index (Phi) is 2.77. The number of hydrogen-bond donors (Lipinski definition) is 1. The predicted molar refractivity (Wildman–Crippen MR) is 61.9 cm³/mol. The Bertz CT molecular complexity index is 472. The molecule has 1 N–H and O–H groups in total. The molecule has 2 aromatic rings. The van der Waals surface area contributed by atoms with Gasteiger partial charge in [0.15, 0.2) is 0 Å². The van der Waals surface area contributed by atoms with Gasteiger partial charge in [0.1, 0.15) is 17.2 Å². The first-order chi connectivity index (χ1) is 7.63. The van der Waals surface area contributed by atoms with Crippen molar-refractivity contribution < 1.29 is 9.84 Å². The summed E-state index contributed by atoms with van der Waals surface area (Å²) < 4.78 is 5.57. The van der Waals surface area contributed by atoms with Gasteiger partial charge in [-0.2, -0.15) is 0 Å². The quantitative estimate of drug-likeness (QED) is 0.836. The monoisotopic (exact) mass is 215 g/mol. The molecule has 1 aromatic heterocycles. The average molecular weight is 215 g/mol. The van der Waals surface area contributed by atoms with Gasteiger partial charge in [-0.15, -0.1) is 0 Å². The van der Waals surface area contributed by atoms with Crippen LogP contribution >= 0.6 is 0 Å². The van der Waals surface area contributed by atoms with Crippen molar-refractivity contribution in [1.82, 2.24) is 4.98 Å². The van der Waals surface area contributed by atoms with Gasteiger partial charge in [-0.25, -0.2) is 0 Å². The van der Waals surface area contributed by atoms with E-state index in [1.165, 1.54) is 0 Å². The zero-order valence-corrected chi connectivity index (χ0v) is 9.27. The molecule has 0 amide bonds. The number of phenols is 1. The molecule has 0 aliphatic rings. The first kappa shape index (κ1) is 10.5. The molecule has 0 spiro atoms. The van der Waals surface area contributed by atoms with E-state index in [9.17, 15) is 5.11 Å². The molecule has 0 bridgehead atoms. The first-order valence-corrected chi connectivity index (χ1v) is 5.05. The molecule has 0 radical (unpaired) electrons. The van der Waals surface area contributed by atoms with E-state index in [4.69, 9.17) is 4.74 Å². The molecule has 0 fully saturated rings. The average Bonchev–Trinajstić information content (AvgIpc) is 2.20. The van der Waals surface area contributed by atoms with Crippen LogP contribution in [0.25, 0.3) is 0 Å². The number of aryl methyl sites for hydroxylation is 2. The number of aromatic nitrogens is 1. The summed E-state index contributed by atoms with van der Waals surface area (Å²) in [6, 6.07) is 8.85. The minimum absolute atomic E-state index is 0.204. The van der Waals surface area contributed by atoms with Crippen LogP contribution in [0.4, 0.5) is 0 Å². The third kappa shape index (κ3) is 2.51. The van der Waals surface area contributed by atoms with E-state index < -0.39 is 0 Å². The molecule has 0 unspecified atom stereocenters. The van der Waals surface area contributed by atoms with E-state index in [0.29, 0.717) is 11.5 Å². The highest BCUT2D eigenvalue weighted by Crippen LogP contribution is 2.25. The summed E-state index contributed by atoms with van der Waals surface area (Å²) >= 11 is 0. The van der Waals surface area contributed by atoms with E-state index in [-0.39, 0.29) is 5.75 Å². The lowest BCUT2D eigenvalue weighted by Crippen LogP contribution is -1.87. The van der Waals surface area contributed by atoms with Gasteiger partial charge in [0.05, 0.1) is 6.20 Å². The smallest absolute Gasteiger partial charge is 0.145 e. The van der Waals surface area contributed by atoms with Crippen molar-refractivity contribution in [3.63, 3.8) is 0 Å². The lowest BCUT2D eigenvalue weighted by Gasteiger charge is -2.06. The second kappa shape index (κ2) is 4.23. The minimum atomic E-state index is 0.204. The molecule has 82 valence electrons. The molecule has 3 nitrogen and oxygen atoms in total. The zero-order valence-electron chi connectivity index (χ0n) is 9.27. The fraction of sp³-hybridized carbons (Fsp3) is 0.154. The number of nitrogens with zero attached hydrogens (tertiary/aromatic N) is 1. The third-order valence-electron chi connectivity index (χ3n) is 2.16. The van der Waals surface area contributed by atoms with Gasteiger partial charge in [-0.3, -0.25) is 4.98 Å². The molecule has 0 saturated carbocycles. The van der Waals surface area contributed by atoms with Crippen molar-refractivity contribution in [3.8, 4) is 17.2 Å². The highest BCUT2D eigenvalue weighted by Gasteiger charge is 2.00. The molecule has 1 aromatic carbocycles. The fourth-order valence-corrected chi connectivity index (χ4v) is 1.44. The van der Waals surface area contributed by atoms with Gasteiger partial charge in [0.2, 0.25) is 0 Å². The zero-order chi connectivity index (χ0) is 11.5. The van der Waals surface area contributed by atoms with Gasteiger partial charge in [-0.1, -0.05) is 0 Å². The fourth-order valence-electron chi connectivity index (χ4n) is 1.44. The van der Waals surface area contributed by atoms with E-state index in [2.05, 4.69) is 4.98 Å². The molecule has 3 heteroatoms. The summed E-state index contributed by atoms with van der Waals surface area (Å²) in [4.78, 5) is 4.13. The van der Waals surface area contributed by atoms with Crippen LogP contribution < -0.4 is 4.74 Å². The standard InChI is InChI=1S/C13H13NO2/c1-9-5-11(15)7-13(6-9)16-12-4-3-10(2)14-8-12/h3-8,15H,1-2H3. The van der Waals surface area contributed by atoms with Gasteiger partial charge in [-0.05, 0) is 43.7 Å². The number of hydrogen-bond acceptors (Lipinski definition) is 3. The molecule has 0 saturated heterocycles. The van der Waals surface area contributed by atoms with Crippen LogP contribution in [0.5, 0.6) is 17.2 Å². The van der Waals surface area contributed by atoms with Crippen molar-refractivity contribution in [2.45, 2.75) is 13.8 Å². The number of aromatic hydroxyl groups is 1. The molecule has 2 rings (SSSR count).